The summed E-state index contributed by atoms with van der Waals surface area (Å²) < 4.78 is 4.37. The van der Waals surface area contributed by atoms with Gasteiger partial charge >= 0.3 is 0 Å². The maximum Gasteiger partial charge on any atom is 0.282 e. The molecule has 4 rings (SSSR count). The van der Waals surface area contributed by atoms with E-state index in [4.69, 9.17) is 4.98 Å². The molecule has 0 N–H and O–H groups in total. The molecule has 0 atom stereocenters. The lowest BCUT2D eigenvalue weighted by Crippen LogP contribution is -2.23. The van der Waals surface area contributed by atoms with Gasteiger partial charge in [0, 0.05) is 39.6 Å². The van der Waals surface area contributed by atoms with E-state index in [1.807, 2.05) is 50.4 Å². The number of para-hydroxylation sites is 1. The van der Waals surface area contributed by atoms with Gasteiger partial charge in [-0.25, -0.2) is 4.98 Å². The SMILES string of the molecule is C=CCn1cc(C=Nn2c(C(C)C)nc3ccc(Br)cc3c2=O)c2ccccc21. The van der Waals surface area contributed by atoms with E-state index < -0.39 is 0 Å². The Morgan fingerprint density at radius 1 is 1.21 bits per heavy atom. The Bertz CT molecular complexity index is 1310. The molecule has 0 aliphatic rings. The van der Waals surface area contributed by atoms with Crippen LogP contribution >= 0.6 is 15.9 Å². The van der Waals surface area contributed by atoms with Gasteiger partial charge < -0.3 is 4.57 Å². The second-order valence-corrected chi connectivity index (χ2v) is 8.11. The molecule has 0 bridgehead atoms. The lowest BCUT2D eigenvalue weighted by molar-refractivity contribution is 0.665. The lowest BCUT2D eigenvalue weighted by atomic mass is 10.2. The number of rotatable bonds is 5. The Morgan fingerprint density at radius 2 is 2.00 bits per heavy atom. The first-order valence-corrected chi connectivity index (χ1v) is 10.2. The predicted molar refractivity (Wildman–Crippen MR) is 123 cm³/mol. The third kappa shape index (κ3) is 3.56. The van der Waals surface area contributed by atoms with Crippen molar-refractivity contribution in [2.45, 2.75) is 26.3 Å². The minimum absolute atomic E-state index is 0.0509. The molecule has 0 unspecified atom stereocenters. The third-order valence-electron chi connectivity index (χ3n) is 4.81. The molecule has 0 saturated carbocycles. The lowest BCUT2D eigenvalue weighted by Gasteiger charge is -2.11. The first-order valence-electron chi connectivity index (χ1n) is 9.45. The highest BCUT2D eigenvalue weighted by molar-refractivity contribution is 9.10. The van der Waals surface area contributed by atoms with Crippen LogP contribution in [0.5, 0.6) is 0 Å². The van der Waals surface area contributed by atoms with Crippen molar-refractivity contribution in [2.24, 2.45) is 5.10 Å². The van der Waals surface area contributed by atoms with E-state index in [1.54, 1.807) is 12.3 Å². The molecular formula is C23H21BrN4O. The first-order chi connectivity index (χ1) is 14.0. The summed E-state index contributed by atoms with van der Waals surface area (Å²) in [5, 5.41) is 6.18. The Morgan fingerprint density at radius 3 is 2.76 bits per heavy atom. The summed E-state index contributed by atoms with van der Waals surface area (Å²) in [6, 6.07) is 13.7. The zero-order chi connectivity index (χ0) is 20.5. The molecule has 0 aliphatic heterocycles. The molecule has 0 fully saturated rings. The van der Waals surface area contributed by atoms with E-state index >= 15 is 0 Å². The second-order valence-electron chi connectivity index (χ2n) is 7.19. The van der Waals surface area contributed by atoms with Gasteiger partial charge in [-0.1, -0.05) is 54.1 Å². The number of nitrogens with zero attached hydrogens (tertiary/aromatic N) is 4. The van der Waals surface area contributed by atoms with Crippen molar-refractivity contribution >= 4 is 44.0 Å². The number of halogens is 1. The zero-order valence-electron chi connectivity index (χ0n) is 16.3. The zero-order valence-corrected chi connectivity index (χ0v) is 17.9. The molecular weight excluding hydrogens is 428 g/mol. The highest BCUT2D eigenvalue weighted by Crippen LogP contribution is 2.21. The molecule has 29 heavy (non-hydrogen) atoms. The topological polar surface area (TPSA) is 52.2 Å². The van der Waals surface area contributed by atoms with E-state index in [0.717, 1.165) is 20.9 Å². The van der Waals surface area contributed by atoms with E-state index in [-0.39, 0.29) is 11.5 Å². The van der Waals surface area contributed by atoms with Gasteiger partial charge in [0.2, 0.25) is 0 Å². The van der Waals surface area contributed by atoms with Crippen LogP contribution < -0.4 is 5.56 Å². The number of aromatic nitrogens is 3. The molecule has 2 aromatic carbocycles. The molecule has 0 spiro atoms. The molecule has 2 heterocycles. The van der Waals surface area contributed by atoms with Crippen LogP contribution in [0.2, 0.25) is 0 Å². The maximum absolute atomic E-state index is 13.2. The number of fused-ring (bicyclic) bond motifs is 2. The molecule has 0 saturated heterocycles. The largest absolute Gasteiger partial charge is 0.343 e. The van der Waals surface area contributed by atoms with E-state index in [9.17, 15) is 4.79 Å². The fraction of sp³-hybridized carbons (Fsp3) is 0.174. The molecule has 0 radical (unpaired) electrons. The molecule has 5 nitrogen and oxygen atoms in total. The Hall–Kier alpha value is -2.99. The summed E-state index contributed by atoms with van der Waals surface area (Å²) in [4.78, 5) is 17.9. The van der Waals surface area contributed by atoms with Crippen LogP contribution in [-0.4, -0.2) is 20.4 Å². The maximum atomic E-state index is 13.2. The molecule has 2 aromatic heterocycles. The average Bonchev–Trinajstić information content (AvgIpc) is 3.05. The molecule has 0 amide bonds. The summed E-state index contributed by atoms with van der Waals surface area (Å²) in [6.45, 7) is 8.55. The average molecular weight is 449 g/mol. The third-order valence-corrected chi connectivity index (χ3v) is 5.30. The van der Waals surface area contributed by atoms with Crippen molar-refractivity contribution in [3.8, 4) is 0 Å². The fourth-order valence-corrected chi connectivity index (χ4v) is 3.80. The van der Waals surface area contributed by atoms with Crippen LogP contribution in [-0.2, 0) is 6.54 Å². The van der Waals surface area contributed by atoms with Crippen LogP contribution in [0, 0.1) is 0 Å². The van der Waals surface area contributed by atoms with Gasteiger partial charge in [0.15, 0.2) is 0 Å². The van der Waals surface area contributed by atoms with E-state index in [2.05, 4.69) is 44.3 Å². The van der Waals surface area contributed by atoms with Crippen molar-refractivity contribution in [2.75, 3.05) is 0 Å². The number of hydrogen-bond donors (Lipinski definition) is 0. The number of hydrogen-bond acceptors (Lipinski definition) is 3. The second kappa shape index (κ2) is 7.79. The van der Waals surface area contributed by atoms with Gasteiger partial charge in [0.1, 0.15) is 5.82 Å². The minimum Gasteiger partial charge on any atom is -0.343 e. The minimum atomic E-state index is -0.175. The Kier molecular flexibility index (Phi) is 5.20. The summed E-state index contributed by atoms with van der Waals surface area (Å²) in [5.41, 5.74) is 2.55. The van der Waals surface area contributed by atoms with Crippen LogP contribution in [0.25, 0.3) is 21.8 Å². The van der Waals surface area contributed by atoms with Gasteiger partial charge in [-0.2, -0.15) is 9.78 Å². The van der Waals surface area contributed by atoms with Gasteiger partial charge in [-0.05, 0) is 24.3 Å². The standard InChI is InChI=1S/C23H21BrN4O/c1-4-11-27-14-16(18-7-5-6-8-21(18)27)13-25-28-22(15(2)3)26-20-10-9-17(24)12-19(20)23(28)29/h4-10,12-15H,1,11H2,2-3H3. The Balaban J connectivity index is 1.90. The summed E-state index contributed by atoms with van der Waals surface area (Å²) in [6.07, 6.45) is 5.63. The predicted octanol–water partition coefficient (Wildman–Crippen LogP) is 5.31. The smallest absolute Gasteiger partial charge is 0.282 e. The van der Waals surface area contributed by atoms with E-state index in [1.165, 1.54) is 4.68 Å². The van der Waals surface area contributed by atoms with Crippen LogP contribution in [0.4, 0.5) is 0 Å². The monoisotopic (exact) mass is 448 g/mol. The quantitative estimate of drug-likeness (QED) is 0.307. The van der Waals surface area contributed by atoms with Crippen LogP contribution in [0.3, 0.4) is 0 Å². The van der Waals surface area contributed by atoms with Crippen molar-refractivity contribution in [1.82, 2.24) is 14.2 Å². The molecule has 0 aliphatic carbocycles. The van der Waals surface area contributed by atoms with Crippen molar-refractivity contribution in [3.05, 3.63) is 87.5 Å². The van der Waals surface area contributed by atoms with Gasteiger partial charge in [0.25, 0.3) is 5.56 Å². The molecule has 146 valence electrons. The number of benzene rings is 2. The summed E-state index contributed by atoms with van der Waals surface area (Å²) >= 11 is 3.43. The first kappa shape index (κ1) is 19.3. The van der Waals surface area contributed by atoms with Gasteiger partial charge in [-0.15, -0.1) is 6.58 Å². The Labute approximate surface area is 177 Å². The van der Waals surface area contributed by atoms with Crippen molar-refractivity contribution < 1.29 is 0 Å². The number of allylic oxidation sites excluding steroid dienone is 1. The van der Waals surface area contributed by atoms with E-state index in [0.29, 0.717) is 23.3 Å². The highest BCUT2D eigenvalue weighted by atomic mass is 79.9. The fourth-order valence-electron chi connectivity index (χ4n) is 3.44. The van der Waals surface area contributed by atoms with Crippen LogP contribution in [0.1, 0.15) is 31.2 Å². The normalized spacial score (nSPS) is 11.9. The van der Waals surface area contributed by atoms with Gasteiger partial charge in [0.05, 0.1) is 17.1 Å². The highest BCUT2D eigenvalue weighted by Gasteiger charge is 2.14. The molecule has 4 aromatic rings. The summed E-state index contributed by atoms with van der Waals surface area (Å²) in [5.74, 6) is 0.686. The molecule has 6 heteroatoms. The summed E-state index contributed by atoms with van der Waals surface area (Å²) in [7, 11) is 0. The van der Waals surface area contributed by atoms with Gasteiger partial charge in [-0.3, -0.25) is 4.79 Å². The van der Waals surface area contributed by atoms with Crippen LogP contribution in [0.15, 0.2) is 75.7 Å². The van der Waals surface area contributed by atoms with Crippen molar-refractivity contribution in [3.63, 3.8) is 0 Å². The van der Waals surface area contributed by atoms with Crippen molar-refractivity contribution in [1.29, 1.82) is 0 Å².